The lowest BCUT2D eigenvalue weighted by atomic mass is 10.1. The molecule has 0 spiro atoms. The van der Waals surface area contributed by atoms with Gasteiger partial charge in [-0.3, -0.25) is 14.4 Å². The van der Waals surface area contributed by atoms with Crippen molar-refractivity contribution in [1.29, 1.82) is 0 Å². The zero-order valence-corrected chi connectivity index (χ0v) is 20.5. The van der Waals surface area contributed by atoms with Crippen LogP contribution in [0.25, 0.3) is 16.9 Å². The van der Waals surface area contributed by atoms with Crippen LogP contribution in [-0.4, -0.2) is 52.0 Å². The van der Waals surface area contributed by atoms with E-state index in [1.54, 1.807) is 23.0 Å². The molecule has 1 aliphatic rings. The van der Waals surface area contributed by atoms with Gasteiger partial charge in [0.05, 0.1) is 17.8 Å². The summed E-state index contributed by atoms with van der Waals surface area (Å²) in [5.41, 5.74) is 5.31. The molecule has 0 aliphatic carbocycles. The third-order valence-corrected chi connectivity index (χ3v) is 6.28. The van der Waals surface area contributed by atoms with Crippen LogP contribution >= 0.6 is 0 Å². The first-order chi connectivity index (χ1) is 18.0. The van der Waals surface area contributed by atoms with Crippen LogP contribution in [0.5, 0.6) is 0 Å². The number of carbonyl (C=O) groups is 3. The summed E-state index contributed by atoms with van der Waals surface area (Å²) in [6.07, 6.45) is 1.75. The molecule has 0 atom stereocenters. The van der Waals surface area contributed by atoms with E-state index in [1.807, 2.05) is 73.7 Å². The number of aryl methyl sites for hydroxylation is 1. The lowest BCUT2D eigenvalue weighted by Crippen LogP contribution is -2.49. The van der Waals surface area contributed by atoms with Gasteiger partial charge in [0.2, 0.25) is 5.91 Å². The standard InChI is InChI=1S/C29H27N5O3/c1-20-7-13-24(14-8-20)34-18-25(27(32-34)22-5-3-2-4-6-22)28(36)31-17-21-9-11-23(12-10-21)29(37)33-16-15-30-26(35)19-33/h2-14,18H,15-17,19H2,1H3,(H,30,35)(H,31,36). The first kappa shape index (κ1) is 24.0. The van der Waals surface area contributed by atoms with Crippen molar-refractivity contribution in [3.63, 3.8) is 0 Å². The van der Waals surface area contributed by atoms with E-state index in [2.05, 4.69) is 10.6 Å². The predicted molar refractivity (Wildman–Crippen MR) is 140 cm³/mol. The van der Waals surface area contributed by atoms with E-state index in [0.29, 0.717) is 36.5 Å². The molecule has 2 N–H and O–H groups in total. The summed E-state index contributed by atoms with van der Waals surface area (Å²) in [5, 5.41) is 10.4. The summed E-state index contributed by atoms with van der Waals surface area (Å²) in [4.78, 5) is 39.1. The number of nitrogens with zero attached hydrogens (tertiary/aromatic N) is 3. The molecule has 37 heavy (non-hydrogen) atoms. The highest BCUT2D eigenvalue weighted by Crippen LogP contribution is 2.24. The molecule has 5 rings (SSSR count). The molecule has 186 valence electrons. The van der Waals surface area contributed by atoms with Crippen LogP contribution < -0.4 is 10.6 Å². The van der Waals surface area contributed by atoms with Gasteiger partial charge in [0.25, 0.3) is 11.8 Å². The fourth-order valence-corrected chi connectivity index (χ4v) is 4.22. The Morgan fingerprint density at radius 2 is 1.70 bits per heavy atom. The van der Waals surface area contributed by atoms with E-state index < -0.39 is 0 Å². The maximum absolute atomic E-state index is 13.3. The molecule has 0 unspecified atom stereocenters. The topological polar surface area (TPSA) is 96.3 Å². The van der Waals surface area contributed by atoms with Crippen molar-refractivity contribution in [2.75, 3.05) is 19.6 Å². The molecule has 3 amide bonds. The highest BCUT2D eigenvalue weighted by molar-refractivity contribution is 6.00. The molecule has 0 bridgehead atoms. The Bertz CT molecular complexity index is 1430. The number of carbonyl (C=O) groups excluding carboxylic acids is 3. The summed E-state index contributed by atoms with van der Waals surface area (Å²) in [6, 6.07) is 24.6. The number of hydrogen-bond donors (Lipinski definition) is 2. The number of rotatable bonds is 6. The molecule has 2 heterocycles. The van der Waals surface area contributed by atoms with Crippen LogP contribution in [0, 0.1) is 6.92 Å². The number of piperazine rings is 1. The lowest BCUT2D eigenvalue weighted by molar-refractivity contribution is -0.123. The third-order valence-electron chi connectivity index (χ3n) is 6.28. The van der Waals surface area contributed by atoms with Crippen molar-refractivity contribution in [3.8, 4) is 16.9 Å². The van der Waals surface area contributed by atoms with Gasteiger partial charge in [0.1, 0.15) is 5.69 Å². The van der Waals surface area contributed by atoms with E-state index in [-0.39, 0.29) is 24.3 Å². The zero-order valence-electron chi connectivity index (χ0n) is 20.5. The second-order valence-electron chi connectivity index (χ2n) is 8.99. The van der Waals surface area contributed by atoms with Gasteiger partial charge in [-0.1, -0.05) is 60.2 Å². The van der Waals surface area contributed by atoms with Crippen molar-refractivity contribution < 1.29 is 14.4 Å². The Hall–Kier alpha value is -4.72. The van der Waals surface area contributed by atoms with Crippen LogP contribution in [0.1, 0.15) is 31.8 Å². The highest BCUT2D eigenvalue weighted by Gasteiger charge is 2.22. The van der Waals surface area contributed by atoms with Gasteiger partial charge in [-0.15, -0.1) is 0 Å². The maximum Gasteiger partial charge on any atom is 0.255 e. The molecular formula is C29H27N5O3. The minimum atomic E-state index is -0.239. The number of hydrogen-bond acceptors (Lipinski definition) is 4. The SMILES string of the molecule is Cc1ccc(-n2cc(C(=O)NCc3ccc(C(=O)N4CCNC(=O)C4)cc3)c(-c3ccccc3)n2)cc1. The van der Waals surface area contributed by atoms with E-state index in [9.17, 15) is 14.4 Å². The summed E-state index contributed by atoms with van der Waals surface area (Å²) < 4.78 is 1.72. The molecule has 0 radical (unpaired) electrons. The molecule has 1 aliphatic heterocycles. The van der Waals surface area contributed by atoms with Gasteiger partial charge < -0.3 is 15.5 Å². The Labute approximate surface area is 214 Å². The highest BCUT2D eigenvalue weighted by atomic mass is 16.2. The summed E-state index contributed by atoms with van der Waals surface area (Å²) in [5.74, 6) is -0.572. The molecular weight excluding hydrogens is 466 g/mol. The zero-order chi connectivity index (χ0) is 25.8. The molecule has 3 aromatic carbocycles. The second-order valence-corrected chi connectivity index (χ2v) is 8.99. The smallest absolute Gasteiger partial charge is 0.255 e. The molecule has 8 heteroatoms. The maximum atomic E-state index is 13.3. The van der Waals surface area contributed by atoms with Gasteiger partial charge in [0.15, 0.2) is 0 Å². The van der Waals surface area contributed by atoms with Crippen LogP contribution in [0.3, 0.4) is 0 Å². The molecule has 8 nitrogen and oxygen atoms in total. The Balaban J connectivity index is 1.31. The van der Waals surface area contributed by atoms with Crippen LogP contribution in [0.2, 0.25) is 0 Å². The average Bonchev–Trinajstić information content (AvgIpc) is 3.38. The van der Waals surface area contributed by atoms with Gasteiger partial charge in [-0.2, -0.15) is 5.10 Å². The Kier molecular flexibility index (Phi) is 6.81. The first-order valence-electron chi connectivity index (χ1n) is 12.1. The molecule has 1 saturated heterocycles. The minimum Gasteiger partial charge on any atom is -0.353 e. The summed E-state index contributed by atoms with van der Waals surface area (Å²) >= 11 is 0. The number of nitrogens with one attached hydrogen (secondary N) is 2. The van der Waals surface area contributed by atoms with Crippen molar-refractivity contribution in [3.05, 3.63) is 107 Å². The second kappa shape index (κ2) is 10.5. The molecule has 4 aromatic rings. The van der Waals surface area contributed by atoms with Gasteiger partial charge in [0, 0.05) is 37.0 Å². The van der Waals surface area contributed by atoms with Crippen molar-refractivity contribution in [2.24, 2.45) is 0 Å². The number of amides is 3. The fraction of sp³-hybridized carbons (Fsp3) is 0.172. The largest absolute Gasteiger partial charge is 0.353 e. The Morgan fingerprint density at radius 1 is 0.973 bits per heavy atom. The van der Waals surface area contributed by atoms with Crippen LogP contribution in [0.4, 0.5) is 0 Å². The number of aromatic nitrogens is 2. The molecule has 1 fully saturated rings. The number of benzene rings is 3. The van der Waals surface area contributed by atoms with Gasteiger partial charge in [-0.25, -0.2) is 4.68 Å². The van der Waals surface area contributed by atoms with Crippen LogP contribution in [-0.2, 0) is 11.3 Å². The normalized spacial score (nSPS) is 13.2. The fourth-order valence-electron chi connectivity index (χ4n) is 4.22. The summed E-state index contributed by atoms with van der Waals surface area (Å²) in [7, 11) is 0. The first-order valence-corrected chi connectivity index (χ1v) is 12.1. The van der Waals surface area contributed by atoms with E-state index in [4.69, 9.17) is 5.10 Å². The van der Waals surface area contributed by atoms with Crippen molar-refractivity contribution >= 4 is 17.7 Å². The lowest BCUT2D eigenvalue weighted by Gasteiger charge is -2.26. The van der Waals surface area contributed by atoms with E-state index >= 15 is 0 Å². The van der Waals surface area contributed by atoms with Crippen LogP contribution in [0.15, 0.2) is 85.1 Å². The monoisotopic (exact) mass is 493 g/mol. The Morgan fingerprint density at radius 3 is 2.41 bits per heavy atom. The van der Waals surface area contributed by atoms with Crippen molar-refractivity contribution in [1.82, 2.24) is 25.3 Å². The van der Waals surface area contributed by atoms with Gasteiger partial charge in [-0.05, 0) is 36.8 Å². The predicted octanol–water partition coefficient (Wildman–Crippen LogP) is 3.35. The molecule has 1 aromatic heterocycles. The quantitative estimate of drug-likeness (QED) is 0.431. The average molecular weight is 494 g/mol. The minimum absolute atomic E-state index is 0.0661. The van der Waals surface area contributed by atoms with Crippen molar-refractivity contribution in [2.45, 2.75) is 13.5 Å². The van der Waals surface area contributed by atoms with E-state index in [0.717, 1.165) is 22.4 Å². The summed E-state index contributed by atoms with van der Waals surface area (Å²) in [6.45, 7) is 3.33. The van der Waals surface area contributed by atoms with Gasteiger partial charge >= 0.3 is 0 Å². The molecule has 0 saturated carbocycles. The third kappa shape index (κ3) is 5.43. The van der Waals surface area contributed by atoms with E-state index in [1.165, 1.54) is 4.90 Å².